The first-order valence-corrected chi connectivity index (χ1v) is 3.48. The zero-order valence-corrected chi connectivity index (χ0v) is 13.0. The average molecular weight is 252 g/mol. The molecule has 15 heavy (non-hydrogen) atoms. The predicted molar refractivity (Wildman–Crippen MR) is 54.1 cm³/mol. The van der Waals surface area contributed by atoms with E-state index < -0.39 is 0 Å². The number of hydrogen-bond acceptors (Lipinski definition) is 2. The minimum Gasteiger partial charge on any atom is -0.464 e. The molecule has 2 nitrogen and oxygen atoms in total. The smallest absolute Gasteiger partial charge is 0.464 e. The van der Waals surface area contributed by atoms with E-state index in [1.54, 1.807) is 31.2 Å². The van der Waals surface area contributed by atoms with Gasteiger partial charge in [-0.05, 0) is 12.5 Å². The Bertz CT molecular complexity index is 240. The van der Waals surface area contributed by atoms with E-state index in [0.29, 0.717) is 12.2 Å². The molecule has 0 aromatic heterocycles. The molecular weight excluding hydrogens is 236 g/mol. The summed E-state index contributed by atoms with van der Waals surface area (Å²) in [6.45, 7) is 2.20. The fourth-order valence-electron chi connectivity index (χ4n) is 0.737. The summed E-state index contributed by atoms with van der Waals surface area (Å²) in [5, 5.41) is 0. The van der Waals surface area contributed by atoms with Crippen LogP contribution in [0.1, 0.15) is 17.3 Å². The Morgan fingerprint density at radius 2 is 1.80 bits per heavy atom. The van der Waals surface area contributed by atoms with Crippen molar-refractivity contribution in [2.45, 2.75) is 6.92 Å². The Balaban J connectivity index is -0.000000151. The van der Waals surface area contributed by atoms with Crippen molar-refractivity contribution in [2.24, 2.45) is 0 Å². The second-order valence-electron chi connectivity index (χ2n) is 2.01. The average Bonchev–Trinajstić information content (AvgIpc) is 2.07. The first kappa shape index (κ1) is 24.2. The molecule has 0 saturated carbocycles. The number of esters is 1. The van der Waals surface area contributed by atoms with Crippen LogP contribution in [0.4, 0.5) is 0 Å². The van der Waals surface area contributed by atoms with E-state index in [9.17, 15) is 4.79 Å². The summed E-state index contributed by atoms with van der Waals surface area (Å²) in [6, 6.07) is 9.55. The maximum absolute atomic E-state index is 11.0. The number of benzene rings is 1. The van der Waals surface area contributed by atoms with Crippen LogP contribution in [-0.2, 0) is 24.2 Å². The first-order valence-electron chi connectivity index (χ1n) is 3.48. The van der Waals surface area contributed by atoms with Gasteiger partial charge in [-0.3, -0.25) is 0 Å². The second kappa shape index (κ2) is 13.9. The van der Waals surface area contributed by atoms with Crippen LogP contribution < -0.4 is 18.9 Å². The molecule has 0 radical (unpaired) electrons. The molecule has 0 spiro atoms. The van der Waals surface area contributed by atoms with Gasteiger partial charge in [-0.25, -0.2) is 4.79 Å². The molecule has 0 bridgehead atoms. The molecule has 1 aromatic rings. The minimum atomic E-state index is -0.276. The summed E-state index contributed by atoms with van der Waals surface area (Å²) in [5.74, 6) is -0.276. The van der Waals surface area contributed by atoms with E-state index in [-0.39, 0.29) is 59.2 Å². The van der Waals surface area contributed by atoms with Crippen molar-refractivity contribution in [1.82, 2.24) is 0 Å². The van der Waals surface area contributed by atoms with Gasteiger partial charge in [-0.1, -0.05) is 0 Å². The van der Waals surface area contributed by atoms with Gasteiger partial charge in [0.15, 0.2) is 0 Å². The van der Waals surface area contributed by atoms with Gasteiger partial charge >= 0.3 is 44.3 Å². The van der Waals surface area contributed by atoms with Crippen molar-refractivity contribution >= 4 is 5.97 Å². The van der Waals surface area contributed by atoms with Crippen molar-refractivity contribution in [2.75, 3.05) is 6.61 Å². The summed E-state index contributed by atoms with van der Waals surface area (Å²) in [4.78, 5) is 11.0. The van der Waals surface area contributed by atoms with Crippen LogP contribution in [0.3, 0.4) is 0 Å². The van der Waals surface area contributed by atoms with Crippen LogP contribution in [0, 0.1) is 20.9 Å². The van der Waals surface area contributed by atoms with Crippen molar-refractivity contribution in [1.29, 1.82) is 0 Å². The van der Waals surface area contributed by atoms with Gasteiger partial charge in [0, 0.05) is 0 Å². The van der Waals surface area contributed by atoms with Crippen molar-refractivity contribution in [3.63, 3.8) is 0 Å². The van der Waals surface area contributed by atoms with Crippen LogP contribution >= 0.6 is 0 Å². The molecule has 74 valence electrons. The van der Waals surface area contributed by atoms with Crippen LogP contribution in [0.5, 0.6) is 0 Å². The van der Waals surface area contributed by atoms with Gasteiger partial charge in [0.2, 0.25) is 0 Å². The molecule has 1 rings (SSSR count). The Morgan fingerprint density at radius 3 is 2.20 bits per heavy atom. The zero-order valence-electron chi connectivity index (χ0n) is 10.0. The molecule has 0 heterocycles. The van der Waals surface area contributed by atoms with Gasteiger partial charge in [0.1, 0.15) is 0 Å². The van der Waals surface area contributed by atoms with Crippen LogP contribution in [0.15, 0.2) is 24.3 Å². The molecule has 0 aliphatic heterocycles. The van der Waals surface area contributed by atoms with E-state index in [1.807, 2.05) is 0 Å². The standard InChI is InChI=1S/C9H9O2.2CH3.Li.Zn/c1-2-11-9(10)8-6-4-3-5-7-8;;;;/h4-7H,2H2,1H3;2*1H3;;/q3*-1;+1;+2. The van der Waals surface area contributed by atoms with Gasteiger partial charge in [-0.2, -0.15) is 30.3 Å². The second-order valence-corrected chi connectivity index (χ2v) is 2.01. The summed E-state index contributed by atoms with van der Waals surface area (Å²) in [5.41, 5.74) is 0.575. The molecule has 0 saturated heterocycles. The molecule has 0 amide bonds. The number of hydrogen-bond donors (Lipinski definition) is 0. The molecule has 0 fully saturated rings. The fourth-order valence-corrected chi connectivity index (χ4v) is 0.737. The van der Waals surface area contributed by atoms with Gasteiger partial charge in [-0.15, -0.1) is 0 Å². The Morgan fingerprint density at radius 1 is 1.33 bits per heavy atom. The summed E-state index contributed by atoms with van der Waals surface area (Å²) in [7, 11) is 0. The third-order valence-corrected chi connectivity index (χ3v) is 1.23. The molecular formula is C11H15LiO2Zn. The predicted octanol–water partition coefficient (Wildman–Crippen LogP) is -0.434. The minimum absolute atomic E-state index is 0. The van der Waals surface area contributed by atoms with Gasteiger partial charge < -0.3 is 19.6 Å². The maximum atomic E-state index is 11.0. The molecule has 0 aliphatic rings. The van der Waals surface area contributed by atoms with Gasteiger partial charge in [0.25, 0.3) is 0 Å². The monoisotopic (exact) mass is 250 g/mol. The molecule has 0 N–H and O–H groups in total. The first-order chi connectivity index (χ1) is 5.34. The number of rotatable bonds is 2. The topological polar surface area (TPSA) is 26.3 Å². The van der Waals surface area contributed by atoms with Crippen LogP contribution in [0.2, 0.25) is 0 Å². The number of carbonyl (C=O) groups is 1. The number of carbonyl (C=O) groups excluding carboxylic acids is 1. The third kappa shape index (κ3) is 8.88. The third-order valence-electron chi connectivity index (χ3n) is 1.23. The zero-order chi connectivity index (χ0) is 8.10. The van der Waals surface area contributed by atoms with E-state index in [1.165, 1.54) is 0 Å². The van der Waals surface area contributed by atoms with Crippen LogP contribution in [-0.4, -0.2) is 12.6 Å². The normalized spacial score (nSPS) is 6.73. The molecule has 0 atom stereocenters. The van der Waals surface area contributed by atoms with E-state index in [4.69, 9.17) is 4.74 Å². The van der Waals surface area contributed by atoms with Crippen molar-refractivity contribution < 1.29 is 47.9 Å². The van der Waals surface area contributed by atoms with E-state index in [0.717, 1.165) is 0 Å². The summed E-state index contributed by atoms with van der Waals surface area (Å²) in [6.07, 6.45) is 0. The van der Waals surface area contributed by atoms with Crippen LogP contribution in [0.25, 0.3) is 0 Å². The van der Waals surface area contributed by atoms with Crippen molar-refractivity contribution in [3.8, 4) is 0 Å². The van der Waals surface area contributed by atoms with E-state index in [2.05, 4.69) is 6.07 Å². The van der Waals surface area contributed by atoms with Gasteiger partial charge in [0.05, 0.1) is 6.61 Å². The summed E-state index contributed by atoms with van der Waals surface area (Å²) < 4.78 is 4.78. The SMILES string of the molecule is CCOC(=O)c1cc[c-]cc1.[CH3-].[CH3-].[Li+].[Zn+2]. The molecule has 0 aliphatic carbocycles. The van der Waals surface area contributed by atoms with Crippen molar-refractivity contribution in [3.05, 3.63) is 50.7 Å². The summed E-state index contributed by atoms with van der Waals surface area (Å²) >= 11 is 0. The Labute approximate surface area is 118 Å². The number of ether oxygens (including phenoxy) is 1. The Kier molecular flexibility index (Phi) is 22.5. The maximum Gasteiger partial charge on any atom is 2.00 e. The fraction of sp³-hybridized carbons (Fsp3) is 0.182. The molecule has 0 unspecified atom stereocenters. The largest absolute Gasteiger partial charge is 2.00 e. The quantitative estimate of drug-likeness (QED) is 0.405. The molecule has 4 heteroatoms. The molecule has 1 aromatic carbocycles. The Hall–Kier alpha value is -0.0892. The van der Waals surface area contributed by atoms with E-state index >= 15 is 0 Å².